The van der Waals surface area contributed by atoms with E-state index in [1.54, 1.807) is 86.9 Å². The Bertz CT molecular complexity index is 4830. The van der Waals surface area contributed by atoms with Gasteiger partial charge in [0.1, 0.15) is 49.4 Å². The fourth-order valence-electron chi connectivity index (χ4n) is 8.52. The largest absolute Gasteiger partial charge is 0.488 e. The van der Waals surface area contributed by atoms with Gasteiger partial charge < -0.3 is 18.9 Å². The van der Waals surface area contributed by atoms with Crippen LogP contribution in [0.25, 0.3) is 23.3 Å². The van der Waals surface area contributed by atoms with Crippen molar-refractivity contribution in [3.63, 3.8) is 0 Å². The average Bonchev–Trinajstić information content (AvgIpc) is 1.62. The summed E-state index contributed by atoms with van der Waals surface area (Å²) in [5.74, 6) is 5.16. The standard InChI is InChI=1S/C16H17N5O2S.C15H17N5O2S.C14H15N5O2S.C13H12IN5O2S/c1-10-5-3-4-6-13(10)23-9-12-14(11-7-8-11)24-17-15(12)21-16(22)20(2)18-19-21;1-4-13-11(9-22-12-8-6-5-7-10(12)2)14(16-23-13)20-15(21)19(3)17-18-20;1-9-6-4-5-7-12(9)21-8-11-10(2)22-15-13(11)19-14(20)18(3)16-17-19;1-8-5-3-4-6-10(8)21-7-9-11(14)22-15-12(9)19-13(20)18(2)16-17-19/h3-6,11H,7-9H2,1-2H3;5-8H,4,9H2,1-3H3;4-7H,8H2,1-3H3;3-6H,7H2,1-2H3/i3T;5T;4T;3T. The van der Waals surface area contributed by atoms with Crippen LogP contribution in [0.15, 0.2) is 116 Å². The first-order valence-electron chi connectivity index (χ1n) is 29.8. The predicted molar refractivity (Wildman–Crippen MR) is 350 cm³/mol. The van der Waals surface area contributed by atoms with Gasteiger partial charge in [-0.05, 0) is 217 Å². The molecule has 12 aromatic rings. The van der Waals surface area contributed by atoms with Crippen LogP contribution < -0.4 is 41.7 Å². The summed E-state index contributed by atoms with van der Waals surface area (Å²) >= 11 is 7.46. The molecule has 1 aliphatic carbocycles. The van der Waals surface area contributed by atoms with E-state index in [-0.39, 0.29) is 42.6 Å². The summed E-state index contributed by atoms with van der Waals surface area (Å²) < 4.78 is 81.7. The Morgan fingerprint density at radius 3 is 1.15 bits per heavy atom. The zero-order chi connectivity index (χ0) is 67.9. The molecule has 0 bridgehead atoms. The third-order valence-electron chi connectivity index (χ3n) is 13.9. The van der Waals surface area contributed by atoms with Gasteiger partial charge in [-0.1, -0.05) is 79.6 Å². The molecule has 1 fully saturated rings. The minimum atomic E-state index is -0.359. The predicted octanol–water partition coefficient (Wildman–Crippen LogP) is 7.59. The summed E-state index contributed by atoms with van der Waals surface area (Å²) in [4.78, 5) is 51.4. The Kier molecular flexibility index (Phi) is 19.1. The number of aromatic nitrogens is 20. The van der Waals surface area contributed by atoms with E-state index in [1.807, 2.05) is 41.5 Å². The van der Waals surface area contributed by atoms with Crippen LogP contribution in [0.1, 0.15) is 90.3 Å². The fraction of sp³-hybridized carbons (Fsp3) is 0.310. The molecular weight excluding hydrogens is 1360 g/mol. The van der Waals surface area contributed by atoms with Gasteiger partial charge >= 0.3 is 22.8 Å². The van der Waals surface area contributed by atoms with Crippen LogP contribution >= 0.6 is 68.7 Å². The first-order valence-corrected chi connectivity index (χ1v) is 32.0. The van der Waals surface area contributed by atoms with E-state index in [2.05, 4.69) is 81.8 Å². The summed E-state index contributed by atoms with van der Waals surface area (Å²) in [7, 11) is 6.17. The third kappa shape index (κ3) is 14.9. The number of nitrogens with zero attached hydrogens (tertiary/aromatic N) is 20. The Balaban J connectivity index is 0.000000138. The minimum Gasteiger partial charge on any atom is -0.488 e. The molecule has 0 atom stereocenters. The van der Waals surface area contributed by atoms with E-state index >= 15 is 0 Å². The molecule has 0 unspecified atom stereocenters. The molecule has 472 valence electrons. The van der Waals surface area contributed by atoms with Crippen molar-refractivity contribution in [2.45, 2.75) is 93.2 Å². The highest BCUT2D eigenvalue weighted by Crippen LogP contribution is 2.45. The van der Waals surface area contributed by atoms with Crippen molar-refractivity contribution >= 4 is 68.7 Å². The second-order valence-electron chi connectivity index (χ2n) is 20.3. The van der Waals surface area contributed by atoms with E-state index in [0.29, 0.717) is 77.2 Å². The van der Waals surface area contributed by atoms with Crippen LogP contribution in [0.2, 0.25) is 0 Å². The lowest BCUT2D eigenvalue weighted by Crippen LogP contribution is -2.23. The summed E-state index contributed by atoms with van der Waals surface area (Å²) in [6, 6.07) is 22.6. The van der Waals surface area contributed by atoms with Crippen molar-refractivity contribution in [2.24, 2.45) is 28.2 Å². The number of aryl methyl sites for hydroxylation is 10. The molecule has 4 aromatic carbocycles. The van der Waals surface area contributed by atoms with E-state index in [4.69, 9.17) is 24.4 Å². The normalized spacial score (nSPS) is 12.3. The number of tetrazole rings is 4. The number of hydrogen-bond donors (Lipinski definition) is 0. The molecule has 91 heavy (non-hydrogen) atoms. The van der Waals surface area contributed by atoms with Crippen molar-refractivity contribution in [3.05, 3.63) is 201 Å². The van der Waals surface area contributed by atoms with Gasteiger partial charge in [-0.25, -0.2) is 19.2 Å². The second-order valence-corrected chi connectivity index (χ2v) is 25.5. The highest BCUT2D eigenvalue weighted by atomic mass is 127. The molecular formula is C58H61IN20O8S4. The summed E-state index contributed by atoms with van der Waals surface area (Å²) in [6.45, 7) is 12.6. The molecule has 8 aromatic heterocycles. The first kappa shape index (κ1) is 59.4. The van der Waals surface area contributed by atoms with Crippen molar-refractivity contribution < 1.29 is 24.4 Å². The number of para-hydroxylation sites is 4. The number of benzene rings is 4. The van der Waals surface area contributed by atoms with Gasteiger partial charge in [0.25, 0.3) is 0 Å². The van der Waals surface area contributed by atoms with Gasteiger partial charge in [-0.15, -0.1) is 18.7 Å². The van der Waals surface area contributed by atoms with E-state index in [9.17, 15) is 19.2 Å². The molecule has 13 rings (SSSR count). The topological polar surface area (TPSA) is 299 Å². The van der Waals surface area contributed by atoms with Crippen molar-refractivity contribution in [3.8, 4) is 46.3 Å². The molecule has 0 radical (unpaired) electrons. The number of ether oxygens (including phenoxy) is 4. The summed E-state index contributed by atoms with van der Waals surface area (Å²) in [5.41, 5.74) is 5.48. The molecule has 33 heteroatoms. The van der Waals surface area contributed by atoms with Gasteiger partial charge in [0.05, 0.1) is 19.5 Å². The molecule has 1 saturated carbocycles. The zero-order valence-electron chi connectivity index (χ0n) is 54.7. The van der Waals surface area contributed by atoms with Crippen LogP contribution in [0.5, 0.6) is 23.0 Å². The second kappa shape index (κ2) is 29.2. The third-order valence-corrected chi connectivity index (χ3v) is 18.6. The fourth-order valence-corrected chi connectivity index (χ4v) is 12.3. The lowest BCUT2D eigenvalue weighted by Gasteiger charge is -2.10. The van der Waals surface area contributed by atoms with Crippen LogP contribution in [0.4, 0.5) is 0 Å². The highest BCUT2D eigenvalue weighted by Gasteiger charge is 2.32. The van der Waals surface area contributed by atoms with Crippen molar-refractivity contribution in [1.82, 2.24) is 96.7 Å². The van der Waals surface area contributed by atoms with Crippen molar-refractivity contribution in [1.29, 1.82) is 0 Å². The molecule has 8 heterocycles. The Labute approximate surface area is 554 Å². The van der Waals surface area contributed by atoms with Gasteiger partial charge in [0, 0.05) is 53.9 Å². The molecule has 0 amide bonds. The molecule has 28 nitrogen and oxygen atoms in total. The zero-order valence-corrected chi connectivity index (χ0v) is 56.1. The smallest absolute Gasteiger partial charge is 0.369 e. The highest BCUT2D eigenvalue weighted by molar-refractivity contribution is 14.1. The lowest BCUT2D eigenvalue weighted by molar-refractivity contribution is 0.302. The average molecular weight is 1430 g/mol. The Hall–Kier alpha value is -9.19. The van der Waals surface area contributed by atoms with E-state index < -0.39 is 0 Å². The van der Waals surface area contributed by atoms with Crippen LogP contribution in [-0.2, 0) is 61.0 Å². The van der Waals surface area contributed by atoms with E-state index in [0.717, 1.165) is 106 Å². The van der Waals surface area contributed by atoms with Crippen LogP contribution in [-0.4, -0.2) is 96.7 Å². The molecule has 1 aliphatic rings. The maximum absolute atomic E-state index is 12.2. The summed E-state index contributed by atoms with van der Waals surface area (Å²) in [6.07, 6.45) is 3.06. The molecule has 0 N–H and O–H groups in total. The molecule has 0 saturated heterocycles. The maximum atomic E-state index is 12.2. The molecule has 0 spiro atoms. The monoisotopic (exact) mass is 1430 g/mol. The SMILES string of the molecule is [3H]c1ccc(OCc2c(-n3nnn(C)c3=O)nsc2C)c(C)c1.[3H]c1ccc(OCc2c(-n3nnn(C)c3=O)nsc2C2CC2)c(C)c1.[3H]c1ccc(OCc2c(-n3nnn(C)c3=O)nsc2CC)c(C)c1.[3H]c1ccc(OCc2c(-n3nnn(C)c3=O)nsc2I)c(C)c1. The maximum Gasteiger partial charge on any atom is 0.369 e. The van der Waals surface area contributed by atoms with Gasteiger partial charge in [-0.2, -0.15) is 36.2 Å². The van der Waals surface area contributed by atoms with Gasteiger partial charge in [0.15, 0.2) is 23.3 Å². The van der Waals surface area contributed by atoms with Gasteiger partial charge in [0.2, 0.25) is 0 Å². The Morgan fingerprint density at radius 2 is 0.780 bits per heavy atom. The summed E-state index contributed by atoms with van der Waals surface area (Å²) in [5, 5.41) is 30.3. The minimum absolute atomic E-state index is 0.255. The number of halogens is 1. The number of rotatable bonds is 18. The Morgan fingerprint density at radius 1 is 0.451 bits per heavy atom. The van der Waals surface area contributed by atoms with E-state index in [1.165, 1.54) is 79.0 Å². The van der Waals surface area contributed by atoms with Gasteiger partial charge in [-0.3, -0.25) is 0 Å². The first-order chi connectivity index (χ1) is 45.5. The van der Waals surface area contributed by atoms with Crippen molar-refractivity contribution in [2.75, 3.05) is 0 Å². The van der Waals surface area contributed by atoms with Crippen LogP contribution in [0.3, 0.4) is 0 Å². The number of hydrogen-bond acceptors (Lipinski definition) is 24. The molecule has 0 aliphatic heterocycles. The lowest BCUT2D eigenvalue weighted by atomic mass is 10.2. The quantitative estimate of drug-likeness (QED) is 0.0747. The van der Waals surface area contributed by atoms with Crippen LogP contribution in [0, 0.1) is 37.5 Å².